The van der Waals surface area contributed by atoms with E-state index in [1.54, 1.807) is 26.0 Å². The molecule has 0 fully saturated rings. The summed E-state index contributed by atoms with van der Waals surface area (Å²) in [5, 5.41) is 8.43. The van der Waals surface area contributed by atoms with Crippen LogP contribution in [-0.2, 0) is 4.79 Å². The van der Waals surface area contributed by atoms with Crippen LogP contribution in [0.15, 0.2) is 12.1 Å². The minimum atomic E-state index is -1.02. The first-order valence-electron chi connectivity index (χ1n) is 4.45. The van der Waals surface area contributed by atoms with Gasteiger partial charge < -0.3 is 9.84 Å². The SMILES string of the molecule is Cc1cc(OCC(=O)O)cc(C)c1C=O. The number of aliphatic carboxylic acids is 1. The lowest BCUT2D eigenvalue weighted by Crippen LogP contribution is -2.09. The maximum atomic E-state index is 10.7. The van der Waals surface area contributed by atoms with Crippen LogP contribution in [0.2, 0.25) is 0 Å². The lowest BCUT2D eigenvalue weighted by molar-refractivity contribution is -0.139. The molecule has 0 amide bonds. The van der Waals surface area contributed by atoms with Crippen LogP contribution in [0.4, 0.5) is 0 Å². The summed E-state index contributed by atoms with van der Waals surface area (Å²) in [4.78, 5) is 21.0. The number of hydrogen-bond acceptors (Lipinski definition) is 3. The van der Waals surface area contributed by atoms with Gasteiger partial charge in [-0.2, -0.15) is 0 Å². The van der Waals surface area contributed by atoms with E-state index in [-0.39, 0.29) is 6.61 Å². The van der Waals surface area contributed by atoms with Crippen LogP contribution >= 0.6 is 0 Å². The molecule has 0 saturated carbocycles. The average molecular weight is 208 g/mol. The van der Waals surface area contributed by atoms with E-state index in [0.29, 0.717) is 11.3 Å². The molecule has 0 atom stereocenters. The topological polar surface area (TPSA) is 63.6 Å². The molecule has 15 heavy (non-hydrogen) atoms. The summed E-state index contributed by atoms with van der Waals surface area (Å²) in [5.41, 5.74) is 2.19. The molecule has 1 rings (SSSR count). The normalized spacial score (nSPS) is 9.73. The third kappa shape index (κ3) is 2.80. The zero-order chi connectivity index (χ0) is 11.4. The van der Waals surface area contributed by atoms with E-state index in [9.17, 15) is 9.59 Å². The molecule has 0 saturated heterocycles. The number of carboxylic acid groups (broad SMARTS) is 1. The van der Waals surface area contributed by atoms with Crippen molar-refractivity contribution in [1.82, 2.24) is 0 Å². The largest absolute Gasteiger partial charge is 0.482 e. The van der Waals surface area contributed by atoms with Gasteiger partial charge in [-0.1, -0.05) is 0 Å². The molecular formula is C11H12O4. The zero-order valence-corrected chi connectivity index (χ0v) is 8.61. The Morgan fingerprint density at radius 2 is 1.93 bits per heavy atom. The number of ether oxygens (including phenoxy) is 1. The highest BCUT2D eigenvalue weighted by Crippen LogP contribution is 2.20. The Balaban J connectivity index is 2.93. The van der Waals surface area contributed by atoms with Crippen LogP contribution in [0.3, 0.4) is 0 Å². The fourth-order valence-corrected chi connectivity index (χ4v) is 1.35. The third-order valence-electron chi connectivity index (χ3n) is 2.05. The molecule has 0 unspecified atom stereocenters. The number of hydrogen-bond donors (Lipinski definition) is 1. The first kappa shape index (κ1) is 11.2. The molecule has 4 heteroatoms. The van der Waals surface area contributed by atoms with Gasteiger partial charge in [-0.05, 0) is 37.1 Å². The molecule has 0 aromatic heterocycles. The molecule has 0 aliphatic heterocycles. The van der Waals surface area contributed by atoms with E-state index in [2.05, 4.69) is 0 Å². The summed E-state index contributed by atoms with van der Waals surface area (Å²) in [7, 11) is 0. The maximum Gasteiger partial charge on any atom is 0.341 e. The molecule has 0 radical (unpaired) electrons. The van der Waals surface area contributed by atoms with E-state index in [4.69, 9.17) is 9.84 Å². The second-order valence-corrected chi connectivity index (χ2v) is 3.27. The predicted molar refractivity (Wildman–Crippen MR) is 54.4 cm³/mol. The summed E-state index contributed by atoms with van der Waals surface area (Å²) < 4.78 is 5.01. The number of carbonyl (C=O) groups is 2. The standard InChI is InChI=1S/C11H12O4/c1-7-3-9(15-6-11(13)14)4-8(2)10(7)5-12/h3-5H,6H2,1-2H3,(H,13,14). The molecule has 1 aromatic rings. The lowest BCUT2D eigenvalue weighted by Gasteiger charge is -2.08. The second-order valence-electron chi connectivity index (χ2n) is 3.27. The third-order valence-corrected chi connectivity index (χ3v) is 2.05. The van der Waals surface area contributed by atoms with Gasteiger partial charge >= 0.3 is 5.97 Å². The Morgan fingerprint density at radius 3 is 2.33 bits per heavy atom. The summed E-state index contributed by atoms with van der Waals surface area (Å²) in [6.45, 7) is 3.19. The lowest BCUT2D eigenvalue weighted by atomic mass is 10.0. The van der Waals surface area contributed by atoms with Crippen molar-refractivity contribution in [3.63, 3.8) is 0 Å². The number of rotatable bonds is 4. The smallest absolute Gasteiger partial charge is 0.341 e. The minimum Gasteiger partial charge on any atom is -0.482 e. The molecule has 1 N–H and O–H groups in total. The van der Waals surface area contributed by atoms with Crippen molar-refractivity contribution in [1.29, 1.82) is 0 Å². The van der Waals surface area contributed by atoms with Gasteiger partial charge in [0.2, 0.25) is 0 Å². The molecule has 0 bridgehead atoms. The van der Waals surface area contributed by atoms with Crippen LogP contribution < -0.4 is 4.74 Å². The van der Waals surface area contributed by atoms with E-state index < -0.39 is 5.97 Å². The van der Waals surface area contributed by atoms with Gasteiger partial charge in [0.1, 0.15) is 5.75 Å². The van der Waals surface area contributed by atoms with E-state index in [0.717, 1.165) is 17.4 Å². The van der Waals surface area contributed by atoms with Gasteiger partial charge in [-0.15, -0.1) is 0 Å². The molecular weight excluding hydrogens is 196 g/mol. The van der Waals surface area contributed by atoms with Gasteiger partial charge in [0, 0.05) is 5.56 Å². The van der Waals surface area contributed by atoms with Gasteiger partial charge in [0.25, 0.3) is 0 Å². The van der Waals surface area contributed by atoms with E-state index in [1.807, 2.05) is 0 Å². The van der Waals surface area contributed by atoms with Gasteiger partial charge in [0.05, 0.1) is 0 Å². The quantitative estimate of drug-likeness (QED) is 0.763. The fourth-order valence-electron chi connectivity index (χ4n) is 1.35. The number of benzene rings is 1. The average Bonchev–Trinajstić information content (AvgIpc) is 2.14. The van der Waals surface area contributed by atoms with Crippen LogP contribution in [-0.4, -0.2) is 24.0 Å². The number of aldehydes is 1. The van der Waals surface area contributed by atoms with E-state index >= 15 is 0 Å². The fraction of sp³-hybridized carbons (Fsp3) is 0.273. The van der Waals surface area contributed by atoms with Crippen molar-refractivity contribution < 1.29 is 19.4 Å². The molecule has 0 aliphatic carbocycles. The first-order valence-corrected chi connectivity index (χ1v) is 4.45. The monoisotopic (exact) mass is 208 g/mol. The summed E-state index contributed by atoms with van der Waals surface area (Å²) in [6.07, 6.45) is 0.783. The van der Waals surface area contributed by atoms with Crippen LogP contribution in [0.25, 0.3) is 0 Å². The highest BCUT2D eigenvalue weighted by molar-refractivity contribution is 5.80. The molecule has 4 nitrogen and oxygen atoms in total. The Bertz CT molecular complexity index is 373. The van der Waals surface area contributed by atoms with Crippen LogP contribution in [0.5, 0.6) is 5.75 Å². The molecule has 1 aromatic carbocycles. The van der Waals surface area contributed by atoms with Crippen LogP contribution in [0, 0.1) is 13.8 Å². The first-order chi connectivity index (χ1) is 7.04. The van der Waals surface area contributed by atoms with Crippen molar-refractivity contribution in [3.8, 4) is 5.75 Å². The summed E-state index contributed by atoms with van der Waals surface area (Å²) in [5.74, 6) is -0.553. The van der Waals surface area contributed by atoms with Crippen molar-refractivity contribution >= 4 is 12.3 Å². The van der Waals surface area contributed by atoms with Gasteiger partial charge in [0.15, 0.2) is 12.9 Å². The maximum absolute atomic E-state index is 10.7. The number of carboxylic acids is 1. The van der Waals surface area contributed by atoms with Crippen molar-refractivity contribution in [2.45, 2.75) is 13.8 Å². The second kappa shape index (κ2) is 4.59. The Labute approximate surface area is 87.5 Å². The molecule has 80 valence electrons. The summed E-state index contributed by atoms with van der Waals surface area (Å²) >= 11 is 0. The highest BCUT2D eigenvalue weighted by Gasteiger charge is 2.06. The van der Waals surface area contributed by atoms with Crippen LogP contribution in [0.1, 0.15) is 21.5 Å². The predicted octanol–water partition coefficient (Wildman–Crippen LogP) is 1.58. The van der Waals surface area contributed by atoms with Crippen molar-refractivity contribution in [2.75, 3.05) is 6.61 Å². The van der Waals surface area contributed by atoms with Crippen molar-refractivity contribution in [2.24, 2.45) is 0 Å². The number of carbonyl (C=O) groups excluding carboxylic acids is 1. The Morgan fingerprint density at radius 1 is 1.40 bits per heavy atom. The molecule has 0 aliphatic rings. The van der Waals surface area contributed by atoms with Gasteiger partial charge in [-0.3, -0.25) is 4.79 Å². The molecule has 0 spiro atoms. The van der Waals surface area contributed by atoms with E-state index in [1.165, 1.54) is 0 Å². The minimum absolute atomic E-state index is 0.376. The molecule has 0 heterocycles. The zero-order valence-electron chi connectivity index (χ0n) is 8.61. The Kier molecular flexibility index (Phi) is 3.44. The summed E-state index contributed by atoms with van der Waals surface area (Å²) in [6, 6.07) is 3.30. The Hall–Kier alpha value is -1.84. The van der Waals surface area contributed by atoms with Crippen molar-refractivity contribution in [3.05, 3.63) is 28.8 Å². The van der Waals surface area contributed by atoms with Gasteiger partial charge in [-0.25, -0.2) is 4.79 Å². The number of aryl methyl sites for hydroxylation is 2. The highest BCUT2D eigenvalue weighted by atomic mass is 16.5.